The van der Waals surface area contributed by atoms with Crippen LogP contribution in [0.15, 0.2) is 50.0 Å². The van der Waals surface area contributed by atoms with Crippen LogP contribution in [0.4, 0.5) is 0 Å². The smallest absolute Gasteiger partial charge is 0.258 e. The van der Waals surface area contributed by atoms with Gasteiger partial charge < -0.3 is 10.3 Å². The Kier molecular flexibility index (Phi) is 4.14. The summed E-state index contributed by atoms with van der Waals surface area (Å²) in [6, 6.07) is 9.57. The van der Waals surface area contributed by atoms with Gasteiger partial charge in [-0.1, -0.05) is 17.3 Å². The van der Waals surface area contributed by atoms with E-state index in [2.05, 4.69) is 47.0 Å². The van der Waals surface area contributed by atoms with Crippen molar-refractivity contribution >= 4 is 31.9 Å². The summed E-state index contributed by atoms with van der Waals surface area (Å²) in [5, 5.41) is 3.98. The van der Waals surface area contributed by atoms with Crippen LogP contribution >= 0.6 is 31.9 Å². The predicted molar refractivity (Wildman–Crippen MR) is 86.3 cm³/mol. The van der Waals surface area contributed by atoms with Crippen LogP contribution in [0.3, 0.4) is 0 Å². The van der Waals surface area contributed by atoms with Crippen LogP contribution in [-0.2, 0) is 6.54 Å². The number of aromatic nitrogens is 3. The van der Waals surface area contributed by atoms with Crippen LogP contribution < -0.4 is 5.73 Å². The zero-order valence-electron chi connectivity index (χ0n) is 10.8. The summed E-state index contributed by atoms with van der Waals surface area (Å²) in [6.07, 6.45) is 1.69. The number of nitrogens with two attached hydrogens (primary N) is 1. The van der Waals surface area contributed by atoms with Gasteiger partial charge in [0.1, 0.15) is 5.69 Å². The second-order valence-corrected chi connectivity index (χ2v) is 6.08. The molecule has 0 aliphatic rings. The highest BCUT2D eigenvalue weighted by Crippen LogP contribution is 2.28. The number of pyridine rings is 1. The number of benzene rings is 1. The monoisotopic (exact) mass is 408 g/mol. The Morgan fingerprint density at radius 1 is 1.14 bits per heavy atom. The molecule has 3 aromatic rings. The average Bonchev–Trinajstić information content (AvgIpc) is 2.97. The summed E-state index contributed by atoms with van der Waals surface area (Å²) in [5.41, 5.74) is 8.11. The van der Waals surface area contributed by atoms with Gasteiger partial charge in [-0.15, -0.1) is 0 Å². The molecule has 106 valence electrons. The van der Waals surface area contributed by atoms with Gasteiger partial charge in [-0.25, -0.2) is 0 Å². The van der Waals surface area contributed by atoms with E-state index in [1.165, 1.54) is 0 Å². The zero-order chi connectivity index (χ0) is 14.8. The fourth-order valence-electron chi connectivity index (χ4n) is 1.80. The summed E-state index contributed by atoms with van der Waals surface area (Å²) in [5.74, 6) is 0.887. The van der Waals surface area contributed by atoms with Crippen LogP contribution in [0.2, 0.25) is 0 Å². The third kappa shape index (κ3) is 3.04. The Labute approximate surface area is 137 Å². The highest BCUT2D eigenvalue weighted by Gasteiger charge is 2.14. The molecule has 2 N–H and O–H groups in total. The molecule has 0 unspecified atom stereocenters. The van der Waals surface area contributed by atoms with Gasteiger partial charge in [0.2, 0.25) is 5.82 Å². The molecule has 0 fully saturated rings. The van der Waals surface area contributed by atoms with Gasteiger partial charge >= 0.3 is 0 Å². The molecule has 2 aromatic heterocycles. The van der Waals surface area contributed by atoms with E-state index in [0.29, 0.717) is 24.0 Å². The molecular weight excluding hydrogens is 400 g/mol. The first-order chi connectivity index (χ1) is 10.2. The van der Waals surface area contributed by atoms with Crippen LogP contribution in [-0.4, -0.2) is 15.1 Å². The minimum Gasteiger partial charge on any atom is -0.334 e. The number of rotatable bonds is 3. The Hall–Kier alpha value is -1.57. The predicted octanol–water partition coefficient (Wildman–Crippen LogP) is 3.78. The molecule has 1 aromatic carbocycles. The molecular formula is C14H10Br2N4O. The number of hydrogen-bond acceptors (Lipinski definition) is 5. The first-order valence-corrected chi connectivity index (χ1v) is 7.70. The van der Waals surface area contributed by atoms with Crippen LogP contribution in [0.5, 0.6) is 0 Å². The maximum atomic E-state index is 5.58. The van der Waals surface area contributed by atoms with Crippen molar-refractivity contribution in [2.45, 2.75) is 6.54 Å². The Morgan fingerprint density at radius 3 is 2.57 bits per heavy atom. The molecule has 21 heavy (non-hydrogen) atoms. The van der Waals surface area contributed by atoms with E-state index < -0.39 is 0 Å². The molecule has 0 aliphatic heterocycles. The van der Waals surface area contributed by atoms with Gasteiger partial charge in [0.25, 0.3) is 5.89 Å². The van der Waals surface area contributed by atoms with Crippen molar-refractivity contribution in [1.29, 1.82) is 0 Å². The second kappa shape index (κ2) is 6.05. The second-order valence-electron chi connectivity index (χ2n) is 4.31. The van der Waals surface area contributed by atoms with Crippen molar-refractivity contribution in [2.24, 2.45) is 5.73 Å². The summed E-state index contributed by atoms with van der Waals surface area (Å²) < 4.78 is 6.97. The van der Waals surface area contributed by atoms with Gasteiger partial charge in [-0.2, -0.15) is 4.98 Å². The van der Waals surface area contributed by atoms with E-state index >= 15 is 0 Å². The van der Waals surface area contributed by atoms with Crippen molar-refractivity contribution in [3.05, 3.63) is 51.0 Å². The van der Waals surface area contributed by atoms with Gasteiger partial charge in [0.05, 0.1) is 0 Å². The Bertz CT molecular complexity index is 771. The lowest BCUT2D eigenvalue weighted by atomic mass is 10.1. The summed E-state index contributed by atoms with van der Waals surface area (Å²) in [4.78, 5) is 8.67. The van der Waals surface area contributed by atoms with Gasteiger partial charge in [-0.3, -0.25) is 4.98 Å². The molecule has 0 saturated heterocycles. The molecule has 5 nitrogen and oxygen atoms in total. The Morgan fingerprint density at radius 2 is 1.90 bits per heavy atom. The van der Waals surface area contributed by atoms with E-state index in [9.17, 15) is 0 Å². The summed E-state index contributed by atoms with van der Waals surface area (Å²) in [7, 11) is 0. The van der Waals surface area contributed by atoms with Crippen LogP contribution in [0, 0.1) is 0 Å². The van der Waals surface area contributed by atoms with Crippen molar-refractivity contribution < 1.29 is 4.52 Å². The van der Waals surface area contributed by atoms with E-state index in [-0.39, 0.29) is 0 Å². The molecule has 0 bridgehead atoms. The Balaban J connectivity index is 1.95. The normalized spacial score (nSPS) is 10.8. The molecule has 3 rings (SSSR count). The van der Waals surface area contributed by atoms with Gasteiger partial charge in [0, 0.05) is 27.3 Å². The van der Waals surface area contributed by atoms with E-state index in [4.69, 9.17) is 10.3 Å². The highest BCUT2D eigenvalue weighted by molar-refractivity contribution is 9.11. The van der Waals surface area contributed by atoms with Crippen LogP contribution in [0.1, 0.15) is 5.56 Å². The maximum Gasteiger partial charge on any atom is 0.258 e. The number of halogens is 2. The third-order valence-corrected chi connectivity index (χ3v) is 3.92. The van der Waals surface area contributed by atoms with Gasteiger partial charge in [-0.05, 0) is 55.6 Å². The minimum atomic E-state index is 0.437. The van der Waals surface area contributed by atoms with E-state index in [1.807, 2.05) is 30.3 Å². The largest absolute Gasteiger partial charge is 0.334 e. The van der Waals surface area contributed by atoms with Crippen molar-refractivity contribution in [3.8, 4) is 23.0 Å². The lowest BCUT2D eigenvalue weighted by Crippen LogP contribution is -1.95. The molecule has 0 saturated carbocycles. The average molecular weight is 410 g/mol. The lowest BCUT2D eigenvalue weighted by Gasteiger charge is -1.98. The molecule has 7 heteroatoms. The van der Waals surface area contributed by atoms with Crippen molar-refractivity contribution in [3.63, 3.8) is 0 Å². The lowest BCUT2D eigenvalue weighted by molar-refractivity contribution is 0.432. The summed E-state index contributed by atoms with van der Waals surface area (Å²) in [6.45, 7) is 0.505. The topological polar surface area (TPSA) is 77.8 Å². The first kappa shape index (κ1) is 14.4. The standard InChI is InChI=1S/C14H10Br2N4O/c15-10-5-11(16)12(18-7-10)13-19-14(21-20-13)9-3-1-8(6-17)2-4-9/h1-5,7H,6,17H2. The zero-order valence-corrected chi connectivity index (χ0v) is 13.9. The first-order valence-electron chi connectivity index (χ1n) is 6.12. The molecule has 0 spiro atoms. The maximum absolute atomic E-state index is 5.58. The van der Waals surface area contributed by atoms with E-state index in [0.717, 1.165) is 20.1 Å². The molecule has 0 amide bonds. The molecule has 0 aliphatic carbocycles. The fraction of sp³-hybridized carbons (Fsp3) is 0.0714. The van der Waals surface area contributed by atoms with Crippen molar-refractivity contribution in [2.75, 3.05) is 0 Å². The highest BCUT2D eigenvalue weighted by atomic mass is 79.9. The minimum absolute atomic E-state index is 0.437. The molecule has 2 heterocycles. The van der Waals surface area contributed by atoms with Gasteiger partial charge in [0.15, 0.2) is 0 Å². The quantitative estimate of drug-likeness (QED) is 0.712. The number of hydrogen-bond donors (Lipinski definition) is 1. The molecule has 0 atom stereocenters. The summed E-state index contributed by atoms with van der Waals surface area (Å²) >= 11 is 6.80. The van der Waals surface area contributed by atoms with Crippen LogP contribution in [0.25, 0.3) is 23.0 Å². The van der Waals surface area contributed by atoms with E-state index in [1.54, 1.807) is 6.20 Å². The number of nitrogens with zero attached hydrogens (tertiary/aromatic N) is 3. The fourth-order valence-corrected chi connectivity index (χ4v) is 2.96. The SMILES string of the molecule is NCc1ccc(-c2nc(-c3ncc(Br)cc3Br)no2)cc1. The molecule has 0 radical (unpaired) electrons. The van der Waals surface area contributed by atoms with Crippen molar-refractivity contribution in [1.82, 2.24) is 15.1 Å². The third-order valence-electron chi connectivity index (χ3n) is 2.88.